The molecule has 1 saturated heterocycles. The second-order valence-electron chi connectivity index (χ2n) is 30.6. The number of aliphatic hydroxyl groups is 1. The highest BCUT2D eigenvalue weighted by Crippen LogP contribution is 2.65. The average molecular weight is 1410 g/mol. The lowest BCUT2D eigenvalue weighted by molar-refractivity contribution is -0.347. The monoisotopic (exact) mass is 1410 g/mol. The highest BCUT2D eigenvalue weighted by molar-refractivity contribution is 5.95. The normalized spacial score (nSPS) is 26.0. The highest BCUT2D eigenvalue weighted by atomic mass is 16.6. The largest absolute Gasteiger partial charge is 0.463 e. The first-order chi connectivity index (χ1) is 46.2. The SMILES string of the molecule is COC1C(=O)C2(C)C(OC)CC3OCC3(OC(C)=O)C2C(OC(=O)c2ccccc2)C2(O)CC(OC(=O)C(OC(=O)COCC(=O)OCC(C)(COC(C)(C)C(=O)C(C)OC(C)(C)C(C)=O)C(=O)C(C)(C)OCCC(C)(C)OC)C(NC(=O)OC(C)(C)C)c3ccccc3)C(C)=C1C2(C)C. The van der Waals surface area contributed by atoms with E-state index in [0.29, 0.717) is 6.42 Å². The second-order valence-corrected chi connectivity index (χ2v) is 30.6. The fourth-order valence-corrected chi connectivity index (χ4v) is 13.9. The smallest absolute Gasteiger partial charge is 0.408 e. The van der Waals surface area contributed by atoms with Crippen molar-refractivity contribution in [3.05, 3.63) is 82.9 Å². The van der Waals surface area contributed by atoms with E-state index in [0.717, 1.165) is 0 Å². The quantitative estimate of drug-likeness (QED) is 0.0398. The van der Waals surface area contributed by atoms with E-state index in [2.05, 4.69) is 5.32 Å². The molecule has 26 heteroatoms. The number of carbonyl (C=O) groups is 10. The Hall–Kier alpha value is -6.88. The number of carbonyl (C=O) groups excluding carboxylic acids is 10. The van der Waals surface area contributed by atoms with Crippen molar-refractivity contribution in [1.29, 1.82) is 0 Å². The van der Waals surface area contributed by atoms with Crippen molar-refractivity contribution in [2.75, 3.05) is 61.0 Å². The number of benzene rings is 2. The maximum atomic E-state index is 16.0. The van der Waals surface area contributed by atoms with Crippen LogP contribution in [-0.4, -0.2) is 207 Å². The number of hydrogen-bond donors (Lipinski definition) is 2. The predicted molar refractivity (Wildman–Crippen MR) is 358 cm³/mol. The standard InChI is InChI=1S/C74H105NO25/c1-42-48(36-74(86)60(97-61(82)47-31-27-24-28-32-47)57-72(19,59(81)55(88-21)53(42)67(74,10)11)49(87-20)35-50-73(57,41-91-50)99-45(4)77)95-62(83)56(54(46-29-25-23-26-30-46)75-64(85)100-65(5,6)7)96-52(79)38-90-37-51(78)92-39-71(18,63(84)70(16,17)93-34-33-66(8,9)89-22)40-94-69(14,15)58(80)43(2)98-68(12,13)44(3)76/h23-32,43,48-50,54-57,60,86H,33-41H2,1-22H3,(H,75,85). The maximum absolute atomic E-state index is 16.0. The van der Waals surface area contributed by atoms with Gasteiger partial charge in [0.2, 0.25) is 6.10 Å². The molecule has 1 heterocycles. The van der Waals surface area contributed by atoms with Crippen LogP contribution in [0.1, 0.15) is 173 Å². The molecule has 2 aromatic carbocycles. The van der Waals surface area contributed by atoms with Crippen LogP contribution in [0.2, 0.25) is 0 Å². The summed E-state index contributed by atoms with van der Waals surface area (Å²) in [6, 6.07) is 14.1. The summed E-state index contributed by atoms with van der Waals surface area (Å²) in [5, 5.41) is 16.9. The molecule has 1 amide bonds. The van der Waals surface area contributed by atoms with Gasteiger partial charge in [0.1, 0.15) is 84.4 Å². The molecule has 2 saturated carbocycles. The Balaban J connectivity index is 1.36. The zero-order chi connectivity index (χ0) is 75.3. The van der Waals surface area contributed by atoms with Gasteiger partial charge < -0.3 is 76.7 Å². The van der Waals surface area contributed by atoms with Crippen LogP contribution >= 0.6 is 0 Å². The fraction of sp³-hybridized carbons (Fsp3) is 0.676. The Labute approximate surface area is 586 Å². The topological polar surface area (TPSA) is 332 Å². The van der Waals surface area contributed by atoms with Gasteiger partial charge in [0.05, 0.1) is 53.8 Å². The number of Topliss-reactive ketones (excluding diaryl/α,β-unsaturated/α-hetero) is 4. The average Bonchev–Trinajstić information content (AvgIpc) is 0.668. The molecule has 13 atom stereocenters. The van der Waals surface area contributed by atoms with Gasteiger partial charge in [0.15, 0.2) is 28.7 Å². The lowest BCUT2D eigenvalue weighted by atomic mass is 9.44. The molecule has 0 aromatic heterocycles. The first kappa shape index (κ1) is 82.1. The number of ether oxygens (including phenoxy) is 14. The number of alkyl carbamates (subject to hydrolysis) is 1. The van der Waals surface area contributed by atoms with Crippen molar-refractivity contribution >= 4 is 59.1 Å². The summed E-state index contributed by atoms with van der Waals surface area (Å²) >= 11 is 0. The minimum absolute atomic E-state index is 0.0289. The number of methoxy groups -OCH3 is 3. The minimum Gasteiger partial charge on any atom is -0.463 e. The summed E-state index contributed by atoms with van der Waals surface area (Å²) < 4.78 is 84.4. The molecule has 2 N–H and O–H groups in total. The molecule has 556 valence electrons. The van der Waals surface area contributed by atoms with Gasteiger partial charge in [-0.1, -0.05) is 62.4 Å². The third-order valence-corrected chi connectivity index (χ3v) is 20.1. The predicted octanol–water partition coefficient (Wildman–Crippen LogP) is 8.00. The van der Waals surface area contributed by atoms with E-state index in [1.54, 1.807) is 92.0 Å². The van der Waals surface area contributed by atoms with Gasteiger partial charge >= 0.3 is 35.9 Å². The molecule has 0 radical (unpaired) electrons. The third kappa shape index (κ3) is 17.8. The second kappa shape index (κ2) is 31.4. The zero-order valence-corrected chi connectivity index (χ0v) is 62.1. The van der Waals surface area contributed by atoms with Crippen molar-refractivity contribution in [3.8, 4) is 0 Å². The van der Waals surface area contributed by atoms with Crippen LogP contribution in [0.25, 0.3) is 0 Å². The first-order valence-corrected chi connectivity index (χ1v) is 33.6. The van der Waals surface area contributed by atoms with Crippen LogP contribution < -0.4 is 5.32 Å². The molecule has 2 aromatic rings. The number of fused-ring (bicyclic) bond motifs is 5. The van der Waals surface area contributed by atoms with Crippen LogP contribution in [0.4, 0.5) is 4.79 Å². The Morgan fingerprint density at radius 3 is 1.89 bits per heavy atom. The summed E-state index contributed by atoms with van der Waals surface area (Å²) in [7, 11) is 4.23. The zero-order valence-electron chi connectivity index (χ0n) is 62.1. The Kier molecular flexibility index (Phi) is 25.8. The molecule has 4 aliphatic rings. The van der Waals surface area contributed by atoms with E-state index >= 15 is 9.59 Å². The molecule has 6 rings (SSSR count). The van der Waals surface area contributed by atoms with Crippen LogP contribution in [-0.2, 0) is 105 Å². The van der Waals surface area contributed by atoms with Gasteiger partial charge in [-0.05, 0) is 146 Å². The molecule has 1 aliphatic heterocycles. The van der Waals surface area contributed by atoms with Crippen molar-refractivity contribution < 1.29 is 119 Å². The molecular formula is C74H105NO25. The highest BCUT2D eigenvalue weighted by Gasteiger charge is 2.78. The third-order valence-electron chi connectivity index (χ3n) is 20.1. The lowest BCUT2D eigenvalue weighted by Gasteiger charge is -2.67. The minimum atomic E-state index is -2.42. The van der Waals surface area contributed by atoms with E-state index in [9.17, 15) is 43.5 Å². The number of amides is 1. The van der Waals surface area contributed by atoms with Crippen LogP contribution in [0.5, 0.6) is 0 Å². The van der Waals surface area contributed by atoms with Crippen LogP contribution in [0, 0.1) is 22.2 Å². The Bertz CT molecular complexity index is 3370. The van der Waals surface area contributed by atoms with Crippen LogP contribution in [0.3, 0.4) is 0 Å². The van der Waals surface area contributed by atoms with Gasteiger partial charge in [-0.15, -0.1) is 0 Å². The summed E-state index contributed by atoms with van der Waals surface area (Å²) in [4.78, 5) is 143. The van der Waals surface area contributed by atoms with E-state index in [1.807, 2.05) is 13.8 Å². The number of hydrogen-bond acceptors (Lipinski definition) is 25. The molecule has 0 spiro atoms. The van der Waals surface area contributed by atoms with Crippen molar-refractivity contribution in [2.45, 2.75) is 239 Å². The summed E-state index contributed by atoms with van der Waals surface area (Å²) in [6.45, 7) is 26.0. The number of rotatable bonds is 32. The molecule has 26 nitrogen and oxygen atoms in total. The van der Waals surface area contributed by atoms with Gasteiger partial charge in [-0.25, -0.2) is 24.0 Å². The van der Waals surface area contributed by atoms with Crippen LogP contribution in [0.15, 0.2) is 71.8 Å². The lowest BCUT2D eigenvalue weighted by Crippen LogP contribution is -2.82. The van der Waals surface area contributed by atoms with Gasteiger partial charge in [0, 0.05) is 46.5 Å². The molecule has 13 unspecified atom stereocenters. The van der Waals surface area contributed by atoms with E-state index in [-0.39, 0.29) is 47.7 Å². The van der Waals surface area contributed by atoms with Gasteiger partial charge in [0.25, 0.3) is 0 Å². The van der Waals surface area contributed by atoms with Crippen molar-refractivity contribution in [1.82, 2.24) is 5.32 Å². The summed E-state index contributed by atoms with van der Waals surface area (Å²) in [5.74, 6) is -8.96. The summed E-state index contributed by atoms with van der Waals surface area (Å²) in [6.07, 6.45) is -11.5. The fourth-order valence-electron chi connectivity index (χ4n) is 13.9. The molecule has 3 aliphatic carbocycles. The summed E-state index contributed by atoms with van der Waals surface area (Å²) in [5.41, 5.74) is -15.0. The van der Waals surface area contributed by atoms with E-state index < -0.39 is 196 Å². The number of nitrogens with one attached hydrogen (secondary N) is 1. The Morgan fingerprint density at radius 2 is 1.35 bits per heavy atom. The van der Waals surface area contributed by atoms with Crippen molar-refractivity contribution in [3.63, 3.8) is 0 Å². The van der Waals surface area contributed by atoms with Gasteiger partial charge in [-0.3, -0.25) is 24.0 Å². The van der Waals surface area contributed by atoms with E-state index in [4.69, 9.17) is 66.3 Å². The molecular weight excluding hydrogens is 1300 g/mol. The maximum Gasteiger partial charge on any atom is 0.408 e. The Morgan fingerprint density at radius 1 is 0.750 bits per heavy atom. The first-order valence-electron chi connectivity index (χ1n) is 33.6. The molecule has 2 bridgehead atoms. The molecule has 3 fully saturated rings. The van der Waals surface area contributed by atoms with Gasteiger partial charge in [-0.2, -0.15) is 0 Å². The van der Waals surface area contributed by atoms with E-state index in [1.165, 1.54) is 108 Å². The molecule has 100 heavy (non-hydrogen) atoms. The van der Waals surface area contributed by atoms with Crippen molar-refractivity contribution in [2.24, 2.45) is 22.2 Å². The number of esters is 5. The number of ketones is 4.